The second-order valence-corrected chi connectivity index (χ2v) is 13.1. The van der Waals surface area contributed by atoms with Crippen LogP contribution in [0.4, 0.5) is 0 Å². The van der Waals surface area contributed by atoms with Crippen LogP contribution in [0, 0.1) is 44.8 Å². The van der Waals surface area contributed by atoms with E-state index >= 15 is 0 Å². The van der Waals surface area contributed by atoms with Crippen molar-refractivity contribution in [3.8, 4) is 0 Å². The molecule has 0 bridgehead atoms. The molecule has 1 heteroatoms. The minimum atomic E-state index is 0.301. The molecule has 28 heavy (non-hydrogen) atoms. The molecule has 162 valence electrons. The number of nitrogens with two attached hydrogens (primary N) is 1. The minimum Gasteiger partial charge on any atom is -0.327 e. The first kappa shape index (κ1) is 21.2. The Morgan fingerprint density at radius 3 is 2.21 bits per heavy atom. The van der Waals surface area contributed by atoms with Crippen LogP contribution in [-0.4, -0.2) is 6.04 Å². The summed E-state index contributed by atoms with van der Waals surface area (Å²) in [7, 11) is 0. The van der Waals surface area contributed by atoms with E-state index in [-0.39, 0.29) is 0 Å². The molecule has 0 spiro atoms. The Kier molecular flexibility index (Phi) is 4.91. The summed E-state index contributed by atoms with van der Waals surface area (Å²) in [4.78, 5) is 0. The van der Waals surface area contributed by atoms with E-state index in [0.29, 0.717) is 33.1 Å². The van der Waals surface area contributed by atoms with Gasteiger partial charge < -0.3 is 5.73 Å². The lowest BCUT2D eigenvalue weighted by molar-refractivity contribution is -0.244. The summed E-state index contributed by atoms with van der Waals surface area (Å²) in [6.07, 6.45) is 15.5. The van der Waals surface area contributed by atoms with Gasteiger partial charge >= 0.3 is 0 Å². The fraction of sp³-hybridized carbons (Fsp3) is 1.00. The quantitative estimate of drug-likeness (QED) is 0.530. The van der Waals surface area contributed by atoms with E-state index < -0.39 is 0 Å². The molecule has 0 aromatic rings. The zero-order chi connectivity index (χ0) is 20.6. The number of rotatable bonds is 3. The Bertz CT molecular complexity index is 613. The molecule has 0 radical (unpaired) electrons. The smallest absolute Gasteiger partial charge is 0.0107 e. The highest BCUT2D eigenvalue weighted by Crippen LogP contribution is 2.79. The first-order chi connectivity index (χ1) is 13.0. The molecule has 0 aliphatic heterocycles. The second kappa shape index (κ2) is 6.48. The standard InChI is InChI=1S/C27H49N/c1-8-9-10-20-12-16-26(6)24(20,4)15-13-21-25(5)14-11-19(2)17-23(25,3)18-22(28)27(21,26)7/h19-22H,8-18,28H2,1-7H3/t19-,20?,21?,22-,23?,24?,25?,26-,27?/m1/s1. The largest absolute Gasteiger partial charge is 0.327 e. The molecule has 1 nitrogen and oxygen atoms in total. The van der Waals surface area contributed by atoms with Crippen LogP contribution >= 0.6 is 0 Å². The van der Waals surface area contributed by atoms with E-state index in [9.17, 15) is 0 Å². The van der Waals surface area contributed by atoms with Crippen molar-refractivity contribution < 1.29 is 0 Å². The number of hydrogen-bond acceptors (Lipinski definition) is 1. The number of fused-ring (bicyclic) bond motifs is 5. The third-order valence-corrected chi connectivity index (χ3v) is 12.5. The second-order valence-electron chi connectivity index (χ2n) is 13.1. The summed E-state index contributed by atoms with van der Waals surface area (Å²) >= 11 is 0. The third kappa shape index (κ3) is 2.35. The minimum absolute atomic E-state index is 0.301. The van der Waals surface area contributed by atoms with Crippen LogP contribution < -0.4 is 5.73 Å². The van der Waals surface area contributed by atoms with E-state index in [2.05, 4.69) is 48.5 Å². The highest BCUT2D eigenvalue weighted by molar-refractivity contribution is 5.23. The van der Waals surface area contributed by atoms with Crippen LogP contribution in [0.5, 0.6) is 0 Å². The van der Waals surface area contributed by atoms with Crippen LogP contribution in [0.2, 0.25) is 0 Å². The molecule has 4 aliphatic rings. The molecule has 0 aromatic carbocycles. The summed E-state index contributed by atoms with van der Waals surface area (Å²) < 4.78 is 0. The average molecular weight is 388 g/mol. The lowest BCUT2D eigenvalue weighted by Crippen LogP contribution is -2.71. The van der Waals surface area contributed by atoms with Crippen LogP contribution in [0.15, 0.2) is 0 Å². The molecule has 4 rings (SSSR count). The fourth-order valence-electron chi connectivity index (χ4n) is 10.1. The zero-order valence-corrected chi connectivity index (χ0v) is 20.2. The van der Waals surface area contributed by atoms with Crippen molar-refractivity contribution in [1.82, 2.24) is 0 Å². The molecule has 2 N–H and O–H groups in total. The first-order valence-electron chi connectivity index (χ1n) is 12.7. The van der Waals surface area contributed by atoms with Crippen molar-refractivity contribution in [2.75, 3.05) is 0 Å². The van der Waals surface area contributed by atoms with Crippen molar-refractivity contribution in [3.63, 3.8) is 0 Å². The highest BCUT2D eigenvalue weighted by atomic mass is 14.9. The Hall–Kier alpha value is -0.0400. The molecular weight excluding hydrogens is 338 g/mol. The molecule has 0 amide bonds. The van der Waals surface area contributed by atoms with Gasteiger partial charge in [0.15, 0.2) is 0 Å². The summed E-state index contributed by atoms with van der Waals surface area (Å²) in [5.41, 5.74) is 9.40. The van der Waals surface area contributed by atoms with E-state index in [1.165, 1.54) is 70.6 Å². The summed E-state index contributed by atoms with van der Waals surface area (Å²) in [6.45, 7) is 18.2. The fourth-order valence-corrected chi connectivity index (χ4v) is 10.1. The normalized spacial score (nSPS) is 58.7. The Morgan fingerprint density at radius 2 is 1.54 bits per heavy atom. The molecule has 9 atom stereocenters. The zero-order valence-electron chi connectivity index (χ0n) is 20.2. The summed E-state index contributed by atoms with van der Waals surface area (Å²) in [5, 5.41) is 0. The van der Waals surface area contributed by atoms with Crippen LogP contribution in [-0.2, 0) is 0 Å². The van der Waals surface area contributed by atoms with E-state index in [1.54, 1.807) is 0 Å². The van der Waals surface area contributed by atoms with Crippen LogP contribution in [0.25, 0.3) is 0 Å². The van der Waals surface area contributed by atoms with E-state index in [1.807, 2.05) is 0 Å². The number of unbranched alkanes of at least 4 members (excludes halogenated alkanes) is 1. The van der Waals surface area contributed by atoms with Crippen molar-refractivity contribution in [2.24, 2.45) is 50.6 Å². The van der Waals surface area contributed by atoms with Crippen molar-refractivity contribution in [3.05, 3.63) is 0 Å². The highest BCUT2D eigenvalue weighted by Gasteiger charge is 2.73. The maximum atomic E-state index is 7.27. The lowest BCUT2D eigenvalue weighted by atomic mass is 9.31. The SMILES string of the molecule is CCCCC1CC[C@]2(C)C1(C)CCC1C3(C)CC[C@@H](C)CC3(C)C[C@@H](N)C12C. The van der Waals surface area contributed by atoms with Gasteiger partial charge in [0, 0.05) is 6.04 Å². The van der Waals surface area contributed by atoms with Gasteiger partial charge in [-0.2, -0.15) is 0 Å². The molecule has 0 heterocycles. The van der Waals surface area contributed by atoms with Crippen molar-refractivity contribution in [1.29, 1.82) is 0 Å². The Labute approximate surface area is 176 Å². The average Bonchev–Trinajstić information content (AvgIpc) is 2.88. The maximum Gasteiger partial charge on any atom is 0.0107 e. The van der Waals surface area contributed by atoms with Crippen molar-refractivity contribution in [2.45, 2.75) is 125 Å². The van der Waals surface area contributed by atoms with E-state index in [4.69, 9.17) is 5.73 Å². The van der Waals surface area contributed by atoms with E-state index in [0.717, 1.165) is 17.8 Å². The summed E-state index contributed by atoms with van der Waals surface area (Å²) in [6, 6.07) is 0.371. The van der Waals surface area contributed by atoms with Crippen molar-refractivity contribution >= 4 is 0 Å². The third-order valence-electron chi connectivity index (χ3n) is 12.5. The van der Waals surface area contributed by atoms with Gasteiger partial charge in [-0.05, 0) is 96.2 Å². The molecule has 0 aromatic heterocycles. The summed E-state index contributed by atoms with van der Waals surface area (Å²) in [5.74, 6) is 2.61. The van der Waals surface area contributed by atoms with Gasteiger partial charge in [0.2, 0.25) is 0 Å². The van der Waals surface area contributed by atoms with Gasteiger partial charge in [0.1, 0.15) is 0 Å². The predicted molar refractivity (Wildman–Crippen MR) is 121 cm³/mol. The Balaban J connectivity index is 1.76. The van der Waals surface area contributed by atoms with Gasteiger partial charge in [-0.15, -0.1) is 0 Å². The lowest BCUT2D eigenvalue weighted by Gasteiger charge is -2.74. The monoisotopic (exact) mass is 387 g/mol. The molecule has 0 saturated heterocycles. The van der Waals surface area contributed by atoms with Gasteiger partial charge in [-0.3, -0.25) is 0 Å². The molecule has 4 fully saturated rings. The predicted octanol–water partition coefficient (Wildman–Crippen LogP) is 7.58. The van der Waals surface area contributed by atoms with Crippen LogP contribution in [0.3, 0.4) is 0 Å². The molecule has 6 unspecified atom stereocenters. The van der Waals surface area contributed by atoms with Crippen LogP contribution in [0.1, 0.15) is 119 Å². The molecule has 4 aliphatic carbocycles. The maximum absolute atomic E-state index is 7.27. The molecule has 4 saturated carbocycles. The first-order valence-corrected chi connectivity index (χ1v) is 12.7. The Morgan fingerprint density at radius 1 is 0.857 bits per heavy atom. The molecular formula is C27H49N. The van der Waals surface area contributed by atoms with Gasteiger partial charge in [0.25, 0.3) is 0 Å². The topological polar surface area (TPSA) is 26.0 Å². The number of hydrogen-bond donors (Lipinski definition) is 1. The van der Waals surface area contributed by atoms with Gasteiger partial charge in [-0.1, -0.05) is 67.7 Å². The van der Waals surface area contributed by atoms with Gasteiger partial charge in [0.05, 0.1) is 0 Å². The van der Waals surface area contributed by atoms with Gasteiger partial charge in [-0.25, -0.2) is 0 Å².